The van der Waals surface area contributed by atoms with E-state index in [2.05, 4.69) is 64.2 Å². The van der Waals surface area contributed by atoms with Gasteiger partial charge in [-0.25, -0.2) is 4.57 Å². The van der Waals surface area contributed by atoms with Crippen molar-refractivity contribution in [1.82, 2.24) is 0 Å². The molecular weight excluding hydrogens is 806 g/mol. The molecule has 62 heavy (non-hydrogen) atoms. The molecule has 0 radical (unpaired) electrons. The minimum Gasteiger partial charge on any atom is -0.466 e. The topological polar surface area (TPSA) is 142 Å². The number of quaternary nitrogens is 1. The van der Waals surface area contributed by atoms with Crippen LogP contribution in [-0.4, -0.2) is 86.1 Å². The third-order valence-corrected chi connectivity index (χ3v) is 11.4. The molecule has 354 valence electrons. The Morgan fingerprint density at radius 3 is 1.84 bits per heavy atom. The Kier molecular flexibility index (Phi) is 32.5. The van der Waals surface area contributed by atoms with Gasteiger partial charge in [0.25, 0.3) is 0 Å². The van der Waals surface area contributed by atoms with E-state index >= 15 is 0 Å². The molecule has 0 amide bonds. The summed E-state index contributed by atoms with van der Waals surface area (Å²) in [6.45, 7) is 8.36. The molecule has 3 atom stereocenters. The van der Waals surface area contributed by atoms with E-state index in [9.17, 15) is 24.2 Å². The van der Waals surface area contributed by atoms with Gasteiger partial charge in [0.2, 0.25) is 0 Å². The molecule has 11 nitrogen and oxygen atoms in total. The van der Waals surface area contributed by atoms with Gasteiger partial charge in [-0.1, -0.05) is 126 Å². The zero-order valence-electron chi connectivity index (χ0n) is 39.7. The second-order valence-electron chi connectivity index (χ2n) is 17.2. The summed E-state index contributed by atoms with van der Waals surface area (Å²) in [5.74, 6) is 1.29. The lowest BCUT2D eigenvalue weighted by atomic mass is 10.0. The first-order valence-electron chi connectivity index (χ1n) is 23.5. The van der Waals surface area contributed by atoms with Crippen molar-refractivity contribution in [3.05, 3.63) is 83.4 Å². The summed E-state index contributed by atoms with van der Waals surface area (Å²) in [6.07, 6.45) is 37.0. The molecule has 1 heterocycles. The lowest BCUT2D eigenvalue weighted by Gasteiger charge is -2.24. The summed E-state index contributed by atoms with van der Waals surface area (Å²) < 4.78 is 40.5. The third-order valence-electron chi connectivity index (χ3n) is 10.4. The van der Waals surface area contributed by atoms with Crippen molar-refractivity contribution in [3.63, 3.8) is 0 Å². The van der Waals surface area contributed by atoms with Gasteiger partial charge in [-0.15, -0.1) is 0 Å². The Balaban J connectivity index is 2.43. The monoisotopic (exact) mass is 891 g/mol. The van der Waals surface area contributed by atoms with Gasteiger partial charge in [0.05, 0.1) is 33.9 Å². The van der Waals surface area contributed by atoms with Crippen LogP contribution in [0.1, 0.15) is 158 Å². The number of allylic oxidation sites excluding steroid dienone is 9. The predicted octanol–water partition coefficient (Wildman–Crippen LogP) is 11.9. The molecule has 0 saturated carbocycles. The number of carbonyl (C=O) groups is 2. The number of esters is 2. The Bertz CT molecular complexity index is 1540. The molecule has 0 aliphatic rings. The molecular formula is C50H85NO10P+. The number of unbranched alkanes of at least 4 members (excludes halogenated alkanes) is 9. The van der Waals surface area contributed by atoms with Crippen molar-refractivity contribution in [2.24, 2.45) is 0 Å². The Hall–Kier alpha value is -3.05. The van der Waals surface area contributed by atoms with Crippen LogP contribution in [0, 0.1) is 13.8 Å². The number of ether oxygens (including phenoxy) is 2. The molecule has 1 aromatic rings. The summed E-state index contributed by atoms with van der Waals surface area (Å²) in [4.78, 5) is 35.6. The highest BCUT2D eigenvalue weighted by atomic mass is 31.2. The maximum Gasteiger partial charge on any atom is 0.472 e. The quantitative estimate of drug-likeness (QED) is 0.0165. The van der Waals surface area contributed by atoms with Crippen molar-refractivity contribution in [3.8, 4) is 0 Å². The largest absolute Gasteiger partial charge is 0.472 e. The van der Waals surface area contributed by atoms with Crippen LogP contribution in [-0.2, 0) is 45.5 Å². The van der Waals surface area contributed by atoms with Gasteiger partial charge in [0.15, 0.2) is 6.10 Å². The van der Waals surface area contributed by atoms with Crippen LogP contribution in [0.4, 0.5) is 0 Å². The van der Waals surface area contributed by atoms with Crippen molar-refractivity contribution >= 4 is 19.8 Å². The number of aliphatic hydroxyl groups is 1. The van der Waals surface area contributed by atoms with Crippen LogP contribution in [0.15, 0.2) is 65.2 Å². The minimum atomic E-state index is -4.45. The highest BCUT2D eigenvalue weighted by Crippen LogP contribution is 2.43. The third kappa shape index (κ3) is 31.7. The number of hydrogen-bond acceptors (Lipinski definition) is 9. The van der Waals surface area contributed by atoms with Crippen molar-refractivity contribution in [2.75, 3.05) is 47.5 Å². The van der Waals surface area contributed by atoms with Crippen molar-refractivity contribution in [2.45, 2.75) is 175 Å². The van der Waals surface area contributed by atoms with Gasteiger partial charge >= 0.3 is 19.8 Å². The maximum atomic E-state index is 12.7. The van der Waals surface area contributed by atoms with E-state index in [1.54, 1.807) is 12.2 Å². The average Bonchev–Trinajstić information content (AvgIpc) is 3.48. The Morgan fingerprint density at radius 1 is 0.694 bits per heavy atom. The molecule has 2 unspecified atom stereocenters. The molecule has 1 aromatic heterocycles. The first kappa shape index (κ1) is 57.0. The van der Waals surface area contributed by atoms with E-state index in [1.807, 2.05) is 33.3 Å². The molecule has 0 bridgehead atoms. The average molecular weight is 891 g/mol. The summed E-state index contributed by atoms with van der Waals surface area (Å²) in [7, 11) is 1.33. The first-order valence-corrected chi connectivity index (χ1v) is 25.0. The molecule has 12 heteroatoms. The fourth-order valence-electron chi connectivity index (χ4n) is 6.40. The van der Waals surface area contributed by atoms with E-state index in [0.29, 0.717) is 30.3 Å². The van der Waals surface area contributed by atoms with E-state index in [-0.39, 0.29) is 26.1 Å². The van der Waals surface area contributed by atoms with Crippen LogP contribution >= 0.6 is 7.82 Å². The Labute approximate surface area is 375 Å². The van der Waals surface area contributed by atoms with E-state index in [4.69, 9.17) is 22.9 Å². The lowest BCUT2D eigenvalue weighted by Crippen LogP contribution is -2.37. The lowest BCUT2D eigenvalue weighted by molar-refractivity contribution is -0.870. The summed E-state index contributed by atoms with van der Waals surface area (Å²) in [5, 5.41) is 10.3. The molecule has 0 aliphatic heterocycles. The van der Waals surface area contributed by atoms with E-state index < -0.39 is 38.6 Å². The summed E-state index contributed by atoms with van der Waals surface area (Å²) in [5.41, 5.74) is 2.64. The number of furan rings is 1. The molecule has 0 aromatic carbocycles. The van der Waals surface area contributed by atoms with E-state index in [1.165, 1.54) is 49.0 Å². The summed E-state index contributed by atoms with van der Waals surface area (Å²) >= 11 is 0. The summed E-state index contributed by atoms with van der Waals surface area (Å²) in [6, 6.07) is 0. The van der Waals surface area contributed by atoms with Crippen LogP contribution in [0.3, 0.4) is 0 Å². The fourth-order valence-corrected chi connectivity index (χ4v) is 7.14. The second-order valence-corrected chi connectivity index (χ2v) is 18.6. The van der Waals surface area contributed by atoms with E-state index in [0.717, 1.165) is 76.4 Å². The van der Waals surface area contributed by atoms with Gasteiger partial charge < -0.3 is 28.4 Å². The molecule has 0 aliphatic carbocycles. The number of aryl methyl sites for hydroxylation is 2. The van der Waals surface area contributed by atoms with Crippen LogP contribution < -0.4 is 0 Å². The predicted molar refractivity (Wildman–Crippen MR) is 252 cm³/mol. The normalized spacial score (nSPS) is 14.5. The number of likely N-dealkylation sites (N-methyl/N-ethyl adjacent to an activating group) is 1. The Morgan fingerprint density at radius 2 is 1.24 bits per heavy atom. The molecule has 0 saturated heterocycles. The van der Waals surface area contributed by atoms with Gasteiger partial charge in [-0.05, 0) is 82.8 Å². The highest BCUT2D eigenvalue weighted by Gasteiger charge is 2.27. The second kappa shape index (κ2) is 35.3. The van der Waals surface area contributed by atoms with Crippen LogP contribution in [0.5, 0.6) is 0 Å². The molecule has 0 spiro atoms. The molecule has 2 N–H and O–H groups in total. The number of rotatable bonds is 38. The number of aliphatic hydroxyl groups excluding tert-OH is 1. The number of phosphoric acid groups is 1. The van der Waals surface area contributed by atoms with Crippen LogP contribution in [0.25, 0.3) is 0 Å². The van der Waals surface area contributed by atoms with Gasteiger partial charge in [-0.2, -0.15) is 0 Å². The maximum absolute atomic E-state index is 12.7. The fraction of sp³-hybridized carbons (Fsp3) is 0.680. The van der Waals surface area contributed by atoms with Crippen LogP contribution in [0.2, 0.25) is 0 Å². The number of hydrogen-bond donors (Lipinski definition) is 2. The number of nitrogens with zero attached hydrogens (tertiary/aromatic N) is 1. The number of carbonyl (C=O) groups excluding carboxylic acids is 2. The SMILES string of the molecule is CC/C=C\C/C=C\C/C=C\C/C=C\C=C\C(O)CCCC(=O)O[C@H](COC(=O)CCCCCCCCCCc1oc(CCCCC)c(C)c1C)COP(=O)(O)OCC[N+](C)(C)C. The zero-order chi connectivity index (χ0) is 45.9. The first-order chi connectivity index (χ1) is 29.7. The smallest absolute Gasteiger partial charge is 0.466 e. The van der Waals surface area contributed by atoms with Crippen molar-refractivity contribution < 1.29 is 51.6 Å². The molecule has 0 fully saturated rings. The zero-order valence-corrected chi connectivity index (χ0v) is 40.6. The van der Waals surface area contributed by atoms with Gasteiger partial charge in [0, 0.05) is 25.7 Å². The van der Waals surface area contributed by atoms with Crippen molar-refractivity contribution in [1.29, 1.82) is 0 Å². The number of phosphoric ester groups is 1. The highest BCUT2D eigenvalue weighted by molar-refractivity contribution is 7.47. The molecule has 1 rings (SSSR count). The van der Waals surface area contributed by atoms with Gasteiger partial charge in [-0.3, -0.25) is 18.6 Å². The minimum absolute atomic E-state index is 0.000510. The van der Waals surface area contributed by atoms with Gasteiger partial charge in [0.1, 0.15) is 31.3 Å². The standard InChI is InChI=1S/C50H84NO10P/c1-8-10-12-13-14-15-16-17-18-19-22-25-29-33-45(52)34-32-38-50(54)60-46(42-59-62(55,56)58-40-39-51(5,6)7)41-57-49(53)37-31-27-24-21-20-23-26-30-36-48-44(4)43(3)47(61-48)35-28-11-9-2/h10,12,14-15,17-18,22,25,29,33,45-46,52H,8-9,11,13,16,19-21,23-24,26-28,30-32,34-42H2,1-7H3/p+1/b12-10-,15-14-,18-17-,25-22-,33-29+/t45?,46-/m1/s1.